The Morgan fingerprint density at radius 3 is 2.68 bits per heavy atom. The molecule has 2 N–H and O–H groups in total. The summed E-state index contributed by atoms with van der Waals surface area (Å²) in [7, 11) is 1.47. The van der Waals surface area contributed by atoms with Gasteiger partial charge in [-0.1, -0.05) is 24.8 Å². The van der Waals surface area contributed by atoms with Crippen molar-refractivity contribution in [2.24, 2.45) is 0 Å². The van der Waals surface area contributed by atoms with Crippen molar-refractivity contribution in [1.29, 1.82) is 0 Å². The third-order valence-corrected chi connectivity index (χ3v) is 4.44. The lowest BCUT2D eigenvalue weighted by Crippen LogP contribution is -2.26. The van der Waals surface area contributed by atoms with Gasteiger partial charge in [0.05, 0.1) is 17.6 Å². The van der Waals surface area contributed by atoms with Crippen molar-refractivity contribution in [2.75, 3.05) is 12.4 Å². The van der Waals surface area contributed by atoms with E-state index in [-0.39, 0.29) is 17.3 Å². The van der Waals surface area contributed by atoms with Gasteiger partial charge in [-0.25, -0.2) is 13.8 Å². The molecule has 134 valence electrons. The number of H-pyrrole nitrogens is 1. The Labute approximate surface area is 147 Å². The Kier molecular flexibility index (Phi) is 6.65. The topological polar surface area (TPSA) is 84.1 Å². The number of nitrogens with zero attached hydrogens (tertiary/aromatic N) is 1. The normalized spacial score (nSPS) is 12.0. The van der Waals surface area contributed by atoms with Crippen molar-refractivity contribution in [2.45, 2.75) is 30.4 Å². The molecule has 9 heteroatoms. The fraction of sp³-hybridized carbons (Fsp3) is 0.312. The van der Waals surface area contributed by atoms with E-state index in [1.54, 1.807) is 6.92 Å². The van der Waals surface area contributed by atoms with Crippen molar-refractivity contribution in [1.82, 2.24) is 9.97 Å². The molecule has 0 radical (unpaired) electrons. The van der Waals surface area contributed by atoms with Gasteiger partial charge in [0.25, 0.3) is 5.56 Å². The zero-order valence-corrected chi connectivity index (χ0v) is 14.5. The Hall–Kier alpha value is -2.26. The molecule has 2 aromatic rings. The second-order valence-corrected chi connectivity index (χ2v) is 6.27. The molecule has 25 heavy (non-hydrogen) atoms. The fourth-order valence-corrected chi connectivity index (χ4v) is 2.97. The molecule has 1 amide bonds. The van der Waals surface area contributed by atoms with Crippen molar-refractivity contribution in [3.8, 4) is 0 Å². The van der Waals surface area contributed by atoms with Gasteiger partial charge in [0, 0.05) is 13.2 Å². The molecule has 0 saturated carbocycles. The number of para-hydroxylation sites is 1. The molecule has 6 nitrogen and oxygen atoms in total. The van der Waals surface area contributed by atoms with Crippen LogP contribution >= 0.6 is 11.8 Å². The Balaban J connectivity index is 2.17. The molecule has 0 aliphatic rings. The third-order valence-electron chi connectivity index (χ3n) is 3.19. The number of halogens is 2. The molecule has 1 unspecified atom stereocenters. The van der Waals surface area contributed by atoms with E-state index >= 15 is 0 Å². The van der Waals surface area contributed by atoms with Gasteiger partial charge in [-0.2, -0.15) is 0 Å². The van der Waals surface area contributed by atoms with Gasteiger partial charge in [0.1, 0.15) is 17.3 Å². The van der Waals surface area contributed by atoms with E-state index in [4.69, 9.17) is 4.74 Å². The number of carbonyl (C=O) groups excluding carboxylic acids is 1. The van der Waals surface area contributed by atoms with Gasteiger partial charge in [-0.05, 0) is 18.6 Å². The molecule has 1 heterocycles. The van der Waals surface area contributed by atoms with Crippen LogP contribution < -0.4 is 10.9 Å². The number of thioether (sulfide) groups is 1. The zero-order valence-electron chi connectivity index (χ0n) is 13.6. The summed E-state index contributed by atoms with van der Waals surface area (Å²) in [5.41, 5.74) is -0.453. The molecule has 0 spiro atoms. The van der Waals surface area contributed by atoms with Gasteiger partial charge in [-0.3, -0.25) is 9.59 Å². The van der Waals surface area contributed by atoms with Gasteiger partial charge < -0.3 is 15.0 Å². The molecule has 0 bridgehead atoms. The van der Waals surface area contributed by atoms with Gasteiger partial charge in [-0.15, -0.1) is 0 Å². The maximum Gasteiger partial charge on any atom is 0.251 e. The fourth-order valence-electron chi connectivity index (χ4n) is 2.04. The number of aromatic nitrogens is 2. The number of methoxy groups -OCH3 is 1. The van der Waals surface area contributed by atoms with E-state index < -0.39 is 28.5 Å². The average Bonchev–Trinajstić information content (AvgIpc) is 2.55. The molecule has 1 aromatic carbocycles. The summed E-state index contributed by atoms with van der Waals surface area (Å²) in [6, 6.07) is 4.62. The van der Waals surface area contributed by atoms with Gasteiger partial charge >= 0.3 is 0 Å². The number of amides is 1. The van der Waals surface area contributed by atoms with Crippen LogP contribution in [0.2, 0.25) is 0 Å². The number of aromatic amines is 1. The lowest BCUT2D eigenvalue weighted by atomic mass is 10.2. The molecule has 0 saturated heterocycles. The van der Waals surface area contributed by atoms with Crippen molar-refractivity contribution in [3.63, 3.8) is 0 Å². The molecule has 1 aromatic heterocycles. The average molecular weight is 369 g/mol. The second kappa shape index (κ2) is 8.72. The van der Waals surface area contributed by atoms with Crippen LogP contribution in [0.3, 0.4) is 0 Å². The van der Waals surface area contributed by atoms with Crippen LogP contribution in [0.1, 0.15) is 19.0 Å². The summed E-state index contributed by atoms with van der Waals surface area (Å²) in [5.74, 6) is -2.31. The van der Waals surface area contributed by atoms with Crippen LogP contribution in [-0.4, -0.2) is 28.2 Å². The number of benzene rings is 1. The third kappa shape index (κ3) is 5.10. The summed E-state index contributed by atoms with van der Waals surface area (Å²) in [5, 5.41) is 1.79. The summed E-state index contributed by atoms with van der Waals surface area (Å²) in [6.07, 6.45) is 0.366. The van der Waals surface area contributed by atoms with E-state index in [1.165, 1.54) is 19.2 Å². The number of ether oxygens (including phenoxy) is 1. The highest BCUT2D eigenvalue weighted by Crippen LogP contribution is 2.25. The maximum atomic E-state index is 13.7. The zero-order chi connectivity index (χ0) is 18.4. The highest BCUT2D eigenvalue weighted by molar-refractivity contribution is 8.00. The van der Waals surface area contributed by atoms with Gasteiger partial charge in [0.2, 0.25) is 5.91 Å². The van der Waals surface area contributed by atoms with Crippen LogP contribution in [0.25, 0.3) is 0 Å². The van der Waals surface area contributed by atoms with E-state index in [9.17, 15) is 18.4 Å². The SMILES string of the molecule is CCC(Sc1nc(COC)cc(=O)[nH]1)C(=O)Nc1c(F)cccc1F. The van der Waals surface area contributed by atoms with Crippen LogP contribution in [0.15, 0.2) is 34.2 Å². The minimum Gasteiger partial charge on any atom is -0.378 e. The molecule has 1 atom stereocenters. The van der Waals surface area contributed by atoms with Gasteiger partial charge in [0.15, 0.2) is 5.16 Å². The van der Waals surface area contributed by atoms with Crippen LogP contribution in [-0.2, 0) is 16.1 Å². The minimum atomic E-state index is -0.859. The lowest BCUT2D eigenvalue weighted by Gasteiger charge is -2.15. The Morgan fingerprint density at radius 1 is 1.40 bits per heavy atom. The number of anilines is 1. The molecule has 0 aliphatic carbocycles. The first-order chi connectivity index (χ1) is 11.9. The number of carbonyl (C=O) groups is 1. The molecular formula is C16H17F2N3O3S. The lowest BCUT2D eigenvalue weighted by molar-refractivity contribution is -0.115. The molecule has 0 fully saturated rings. The first kappa shape index (κ1) is 19.1. The quantitative estimate of drug-likeness (QED) is 0.579. The smallest absolute Gasteiger partial charge is 0.251 e. The van der Waals surface area contributed by atoms with Crippen molar-refractivity contribution >= 4 is 23.4 Å². The predicted molar refractivity (Wildman–Crippen MR) is 90.5 cm³/mol. The number of rotatable bonds is 7. The van der Waals surface area contributed by atoms with E-state index in [2.05, 4.69) is 15.3 Å². The largest absolute Gasteiger partial charge is 0.378 e. The maximum absolute atomic E-state index is 13.7. The summed E-state index contributed by atoms with van der Waals surface area (Å²) in [6.45, 7) is 1.90. The summed E-state index contributed by atoms with van der Waals surface area (Å²) >= 11 is 1.00. The molecular weight excluding hydrogens is 352 g/mol. The van der Waals surface area contributed by atoms with Crippen LogP contribution in [0, 0.1) is 11.6 Å². The summed E-state index contributed by atoms with van der Waals surface area (Å²) in [4.78, 5) is 30.7. The summed E-state index contributed by atoms with van der Waals surface area (Å²) < 4.78 is 32.3. The highest BCUT2D eigenvalue weighted by atomic mass is 32.2. The predicted octanol–water partition coefficient (Wildman–Crippen LogP) is 2.70. The van der Waals surface area contributed by atoms with Crippen LogP contribution in [0.4, 0.5) is 14.5 Å². The van der Waals surface area contributed by atoms with E-state index in [0.717, 1.165) is 23.9 Å². The number of hydrogen-bond acceptors (Lipinski definition) is 5. The van der Waals surface area contributed by atoms with E-state index in [0.29, 0.717) is 12.1 Å². The second-order valence-electron chi connectivity index (χ2n) is 5.08. The van der Waals surface area contributed by atoms with E-state index in [1.807, 2.05) is 0 Å². The first-order valence-corrected chi connectivity index (χ1v) is 8.33. The molecule has 2 rings (SSSR count). The highest BCUT2D eigenvalue weighted by Gasteiger charge is 2.22. The first-order valence-electron chi connectivity index (χ1n) is 7.45. The monoisotopic (exact) mass is 369 g/mol. The molecule has 0 aliphatic heterocycles. The standard InChI is InChI=1S/C16H17F2N3O3S/c1-3-12(15(23)21-14-10(17)5-4-6-11(14)18)25-16-19-9(8-24-2)7-13(22)20-16/h4-7,12H,3,8H2,1-2H3,(H,21,23)(H,19,20,22). The van der Waals surface area contributed by atoms with Crippen LogP contribution in [0.5, 0.6) is 0 Å². The van der Waals surface area contributed by atoms with Crippen molar-refractivity contribution in [3.05, 3.63) is 51.9 Å². The minimum absolute atomic E-state index is 0.154. The number of hydrogen-bond donors (Lipinski definition) is 2. The Bertz CT molecular complexity index is 793. The Morgan fingerprint density at radius 2 is 2.08 bits per heavy atom. The number of nitrogens with one attached hydrogen (secondary N) is 2. The van der Waals surface area contributed by atoms with Crippen molar-refractivity contribution < 1.29 is 18.3 Å².